The number of methoxy groups -OCH3 is 1. The molecule has 124 valence electrons. The number of carbonyl (C=O) groups excluding carboxylic acids is 1. The number of nitrogens with zero attached hydrogens (tertiary/aromatic N) is 4. The largest absolute Gasteiger partial charge is 0.496 e. The zero-order chi connectivity index (χ0) is 16.4. The molecule has 2 aromatic rings. The van der Waals surface area contributed by atoms with E-state index in [1.165, 1.54) is 20.0 Å². The van der Waals surface area contributed by atoms with E-state index in [2.05, 4.69) is 22.1 Å². The molecule has 1 aromatic carbocycles. The van der Waals surface area contributed by atoms with Crippen LogP contribution in [-0.2, 0) is 0 Å². The molecule has 0 radical (unpaired) electrons. The van der Waals surface area contributed by atoms with Gasteiger partial charge in [0.1, 0.15) is 11.3 Å². The van der Waals surface area contributed by atoms with Gasteiger partial charge in [-0.3, -0.25) is 4.79 Å². The third-order valence-electron chi connectivity index (χ3n) is 4.58. The van der Waals surface area contributed by atoms with Crippen LogP contribution in [0.4, 0.5) is 0 Å². The first-order valence-electron chi connectivity index (χ1n) is 8.09. The Morgan fingerprint density at radius 2 is 2.26 bits per heavy atom. The molecule has 1 aromatic heterocycles. The highest BCUT2D eigenvalue weighted by Crippen LogP contribution is 2.28. The smallest absolute Gasteiger partial charge is 0.252 e. The van der Waals surface area contributed by atoms with Crippen molar-refractivity contribution < 1.29 is 9.53 Å². The van der Waals surface area contributed by atoms with Gasteiger partial charge in [-0.25, -0.2) is 4.68 Å². The van der Waals surface area contributed by atoms with Crippen molar-refractivity contribution >= 4 is 16.9 Å². The highest BCUT2D eigenvalue weighted by atomic mass is 16.5. The topological polar surface area (TPSA) is 86.3 Å². The fourth-order valence-corrected chi connectivity index (χ4v) is 3.28. The molecule has 1 aliphatic heterocycles. The van der Waals surface area contributed by atoms with Crippen molar-refractivity contribution in [1.82, 2.24) is 19.9 Å². The molecule has 1 saturated heterocycles. The Balaban J connectivity index is 2.02. The average Bonchev–Trinajstić information content (AvgIpc) is 2.81. The van der Waals surface area contributed by atoms with Crippen LogP contribution in [0.15, 0.2) is 12.1 Å². The third-order valence-corrected chi connectivity index (χ3v) is 4.58. The van der Waals surface area contributed by atoms with Gasteiger partial charge >= 0.3 is 0 Å². The molecule has 3 rings (SSSR count). The molecule has 1 amide bonds. The lowest BCUT2D eigenvalue weighted by Gasteiger charge is -2.23. The number of primary amides is 1. The maximum atomic E-state index is 11.5. The molecule has 2 heterocycles. The van der Waals surface area contributed by atoms with E-state index in [0.717, 1.165) is 31.6 Å². The van der Waals surface area contributed by atoms with Gasteiger partial charge in [-0.2, -0.15) is 0 Å². The summed E-state index contributed by atoms with van der Waals surface area (Å²) in [5.74, 6) is -0.0561. The number of carbonyl (C=O) groups is 1. The first-order valence-corrected chi connectivity index (χ1v) is 8.09. The summed E-state index contributed by atoms with van der Waals surface area (Å²) in [7, 11) is 1.53. The predicted molar refractivity (Wildman–Crippen MR) is 87.6 cm³/mol. The monoisotopic (exact) mass is 317 g/mol. The summed E-state index contributed by atoms with van der Waals surface area (Å²) in [5.41, 5.74) is 7.30. The van der Waals surface area contributed by atoms with Crippen LogP contribution in [0, 0.1) is 0 Å². The third kappa shape index (κ3) is 3.01. The molecule has 7 heteroatoms. The summed E-state index contributed by atoms with van der Waals surface area (Å²) in [6.07, 6.45) is 3.47. The second kappa shape index (κ2) is 6.54. The highest BCUT2D eigenvalue weighted by molar-refractivity contribution is 5.99. The van der Waals surface area contributed by atoms with Crippen molar-refractivity contribution in [2.75, 3.05) is 26.7 Å². The number of hydrogen-bond acceptors (Lipinski definition) is 5. The SMILES string of the molecule is CCN1CCCC[C@H](n2nnc3cc(C(N)=O)c(OC)cc32)C1. The zero-order valence-corrected chi connectivity index (χ0v) is 13.7. The molecular formula is C16H23N5O2. The van der Waals surface area contributed by atoms with Crippen LogP contribution in [0.5, 0.6) is 5.75 Å². The summed E-state index contributed by atoms with van der Waals surface area (Å²) in [6.45, 7) is 5.33. The molecular weight excluding hydrogens is 294 g/mol. The highest BCUT2D eigenvalue weighted by Gasteiger charge is 2.23. The molecule has 0 aliphatic carbocycles. The summed E-state index contributed by atoms with van der Waals surface area (Å²) in [4.78, 5) is 14.0. The summed E-state index contributed by atoms with van der Waals surface area (Å²) in [6, 6.07) is 3.76. The van der Waals surface area contributed by atoms with Crippen LogP contribution in [0.2, 0.25) is 0 Å². The first-order chi connectivity index (χ1) is 11.1. The molecule has 0 bridgehead atoms. The lowest BCUT2D eigenvalue weighted by Crippen LogP contribution is -2.30. The normalized spacial score (nSPS) is 19.7. The fourth-order valence-electron chi connectivity index (χ4n) is 3.28. The number of hydrogen-bond donors (Lipinski definition) is 1. The minimum absolute atomic E-state index is 0.284. The van der Waals surface area contributed by atoms with Crippen molar-refractivity contribution in [3.63, 3.8) is 0 Å². The van der Waals surface area contributed by atoms with Crippen molar-refractivity contribution in [3.8, 4) is 5.75 Å². The van der Waals surface area contributed by atoms with E-state index in [4.69, 9.17) is 10.5 Å². The minimum Gasteiger partial charge on any atom is -0.496 e. The first kappa shape index (κ1) is 15.7. The minimum atomic E-state index is -0.523. The maximum absolute atomic E-state index is 11.5. The molecule has 7 nitrogen and oxygen atoms in total. The predicted octanol–water partition coefficient (Wildman–Crippen LogP) is 1.59. The molecule has 1 fully saturated rings. The lowest BCUT2D eigenvalue weighted by molar-refractivity contribution is 0.0997. The molecule has 0 unspecified atom stereocenters. The fraction of sp³-hybridized carbons (Fsp3) is 0.562. The van der Waals surface area contributed by atoms with Crippen molar-refractivity contribution in [2.24, 2.45) is 5.73 Å². The number of amides is 1. The van der Waals surface area contributed by atoms with Gasteiger partial charge in [0, 0.05) is 12.6 Å². The second-order valence-electron chi connectivity index (χ2n) is 5.98. The standard InChI is InChI=1S/C16H23N5O2/c1-3-20-7-5-4-6-11(10-20)21-14-9-15(23-2)12(16(17)22)8-13(14)18-19-21/h8-9,11H,3-7,10H2,1-2H3,(H2,17,22)/t11-/m0/s1. The number of aromatic nitrogens is 3. The summed E-state index contributed by atoms with van der Waals surface area (Å²) < 4.78 is 7.28. The van der Waals surface area contributed by atoms with E-state index in [1.807, 2.05) is 10.7 Å². The Morgan fingerprint density at radius 3 is 2.96 bits per heavy atom. The van der Waals surface area contributed by atoms with Crippen LogP contribution in [-0.4, -0.2) is 52.5 Å². The molecule has 1 atom stereocenters. The lowest BCUT2D eigenvalue weighted by atomic mass is 10.1. The number of likely N-dealkylation sites (N-methyl/N-ethyl adjacent to an activating group) is 1. The van der Waals surface area contributed by atoms with Gasteiger partial charge in [0.25, 0.3) is 5.91 Å². The second-order valence-corrected chi connectivity index (χ2v) is 5.98. The number of rotatable bonds is 4. The van der Waals surface area contributed by atoms with E-state index in [9.17, 15) is 4.79 Å². The van der Waals surface area contributed by atoms with Gasteiger partial charge in [0.05, 0.1) is 24.2 Å². The van der Waals surface area contributed by atoms with E-state index < -0.39 is 5.91 Å². The van der Waals surface area contributed by atoms with E-state index in [0.29, 0.717) is 16.8 Å². The zero-order valence-electron chi connectivity index (χ0n) is 13.7. The van der Waals surface area contributed by atoms with E-state index in [1.54, 1.807) is 6.07 Å². The van der Waals surface area contributed by atoms with Crippen molar-refractivity contribution in [1.29, 1.82) is 0 Å². The summed E-state index contributed by atoms with van der Waals surface area (Å²) in [5, 5.41) is 8.56. The number of fused-ring (bicyclic) bond motifs is 1. The molecule has 1 aliphatic rings. The molecule has 0 spiro atoms. The molecule has 2 N–H and O–H groups in total. The van der Waals surface area contributed by atoms with Crippen LogP contribution >= 0.6 is 0 Å². The quantitative estimate of drug-likeness (QED) is 0.925. The van der Waals surface area contributed by atoms with Gasteiger partial charge < -0.3 is 15.4 Å². The Morgan fingerprint density at radius 1 is 1.43 bits per heavy atom. The van der Waals surface area contributed by atoms with E-state index >= 15 is 0 Å². The van der Waals surface area contributed by atoms with Gasteiger partial charge in [0.15, 0.2) is 0 Å². The Hall–Kier alpha value is -2.15. The van der Waals surface area contributed by atoms with Gasteiger partial charge in [-0.15, -0.1) is 5.10 Å². The van der Waals surface area contributed by atoms with Crippen LogP contribution in [0.1, 0.15) is 42.6 Å². The Kier molecular flexibility index (Phi) is 4.47. The number of ether oxygens (including phenoxy) is 1. The Bertz CT molecular complexity index is 712. The number of benzene rings is 1. The van der Waals surface area contributed by atoms with E-state index in [-0.39, 0.29) is 6.04 Å². The summed E-state index contributed by atoms with van der Waals surface area (Å²) >= 11 is 0. The number of likely N-dealkylation sites (tertiary alicyclic amines) is 1. The average molecular weight is 317 g/mol. The van der Waals surface area contributed by atoms with Gasteiger partial charge in [-0.1, -0.05) is 18.6 Å². The van der Waals surface area contributed by atoms with Crippen LogP contribution in [0.25, 0.3) is 11.0 Å². The van der Waals surface area contributed by atoms with Crippen LogP contribution < -0.4 is 10.5 Å². The number of nitrogens with two attached hydrogens (primary N) is 1. The Labute approximate surface area is 135 Å². The van der Waals surface area contributed by atoms with Gasteiger partial charge in [0.2, 0.25) is 0 Å². The van der Waals surface area contributed by atoms with Crippen molar-refractivity contribution in [2.45, 2.75) is 32.2 Å². The van der Waals surface area contributed by atoms with Crippen LogP contribution in [0.3, 0.4) is 0 Å². The van der Waals surface area contributed by atoms with Crippen molar-refractivity contribution in [3.05, 3.63) is 17.7 Å². The maximum Gasteiger partial charge on any atom is 0.252 e. The molecule has 0 saturated carbocycles. The van der Waals surface area contributed by atoms with Gasteiger partial charge in [-0.05, 0) is 32.0 Å². The molecule has 23 heavy (non-hydrogen) atoms.